The van der Waals surface area contributed by atoms with Crippen molar-refractivity contribution < 1.29 is 14.0 Å². The van der Waals surface area contributed by atoms with Crippen LogP contribution < -0.4 is 10.6 Å². The van der Waals surface area contributed by atoms with Gasteiger partial charge in [0.05, 0.1) is 24.3 Å². The van der Waals surface area contributed by atoms with Crippen molar-refractivity contribution in [2.75, 3.05) is 30.8 Å². The molecule has 0 aliphatic rings. The second-order valence-corrected chi connectivity index (χ2v) is 5.44. The summed E-state index contributed by atoms with van der Waals surface area (Å²) in [6.45, 7) is -0.0693. The van der Waals surface area contributed by atoms with Crippen LogP contribution in [-0.4, -0.2) is 36.9 Å². The van der Waals surface area contributed by atoms with Gasteiger partial charge in [0.15, 0.2) is 0 Å². The minimum absolute atomic E-state index is 0.0314. The number of nitrogens with one attached hydrogen (secondary N) is 2. The number of benzene rings is 2. The fourth-order valence-electron chi connectivity index (χ4n) is 2.19. The number of halogens is 1. The fourth-order valence-corrected chi connectivity index (χ4v) is 2.19. The first-order valence-electron chi connectivity index (χ1n) is 7.51. The zero-order valence-corrected chi connectivity index (χ0v) is 13.6. The summed E-state index contributed by atoms with van der Waals surface area (Å²) in [5, 5.41) is 14.2. The van der Waals surface area contributed by atoms with E-state index in [1.54, 1.807) is 37.4 Å². The van der Waals surface area contributed by atoms with Crippen molar-refractivity contribution in [2.45, 2.75) is 0 Å². The molecule has 0 unspecified atom stereocenters. The highest BCUT2D eigenvalue weighted by Crippen LogP contribution is 2.13. The Labute approximate surface area is 144 Å². The Morgan fingerprint density at radius 2 is 1.76 bits per heavy atom. The van der Waals surface area contributed by atoms with Crippen molar-refractivity contribution in [1.29, 1.82) is 5.26 Å². The lowest BCUT2D eigenvalue weighted by Crippen LogP contribution is -2.36. The molecule has 0 bridgehead atoms. The van der Waals surface area contributed by atoms with Gasteiger partial charge in [-0.2, -0.15) is 5.26 Å². The minimum Gasteiger partial charge on any atom is -0.325 e. The van der Waals surface area contributed by atoms with E-state index in [0.717, 1.165) is 0 Å². The third-order valence-electron chi connectivity index (χ3n) is 3.26. The fraction of sp³-hybridized carbons (Fsp3) is 0.167. The second-order valence-electron chi connectivity index (χ2n) is 5.44. The van der Waals surface area contributed by atoms with Gasteiger partial charge < -0.3 is 10.6 Å². The molecule has 2 aromatic rings. The number of rotatable bonds is 6. The SMILES string of the molecule is CN(CC(=O)Nc1cccc(F)c1)CC(=O)Nc1ccccc1C#N. The number of nitriles is 1. The maximum Gasteiger partial charge on any atom is 0.238 e. The molecular formula is C18H17FN4O2. The highest BCUT2D eigenvalue weighted by Gasteiger charge is 2.12. The summed E-state index contributed by atoms with van der Waals surface area (Å²) in [6.07, 6.45) is 0. The normalized spacial score (nSPS) is 10.2. The molecule has 0 atom stereocenters. The van der Waals surface area contributed by atoms with Gasteiger partial charge in [0.1, 0.15) is 11.9 Å². The van der Waals surface area contributed by atoms with Crippen molar-refractivity contribution in [3.8, 4) is 6.07 Å². The third-order valence-corrected chi connectivity index (χ3v) is 3.26. The van der Waals surface area contributed by atoms with E-state index >= 15 is 0 Å². The molecule has 2 amide bonds. The lowest BCUT2D eigenvalue weighted by molar-refractivity contribution is -0.119. The van der Waals surface area contributed by atoms with Crippen LogP contribution in [0.25, 0.3) is 0 Å². The molecule has 0 saturated heterocycles. The highest BCUT2D eigenvalue weighted by molar-refractivity contribution is 5.95. The lowest BCUT2D eigenvalue weighted by atomic mass is 10.2. The zero-order valence-electron chi connectivity index (χ0n) is 13.6. The van der Waals surface area contributed by atoms with E-state index < -0.39 is 5.82 Å². The van der Waals surface area contributed by atoms with Crippen molar-refractivity contribution in [2.24, 2.45) is 0 Å². The first-order chi connectivity index (χ1) is 12.0. The lowest BCUT2D eigenvalue weighted by Gasteiger charge is -2.16. The van der Waals surface area contributed by atoms with Crippen molar-refractivity contribution in [3.05, 3.63) is 59.9 Å². The Morgan fingerprint density at radius 3 is 2.44 bits per heavy atom. The van der Waals surface area contributed by atoms with Gasteiger partial charge in [0, 0.05) is 5.69 Å². The summed E-state index contributed by atoms with van der Waals surface area (Å²) < 4.78 is 13.1. The van der Waals surface area contributed by atoms with Crippen molar-refractivity contribution in [3.63, 3.8) is 0 Å². The number of amides is 2. The number of anilines is 2. The Kier molecular flexibility index (Phi) is 6.20. The van der Waals surface area contributed by atoms with Gasteiger partial charge in [-0.3, -0.25) is 14.5 Å². The number of hydrogen-bond donors (Lipinski definition) is 2. The van der Waals surface area contributed by atoms with E-state index in [-0.39, 0.29) is 24.9 Å². The Hall–Kier alpha value is -3.24. The molecule has 0 aromatic heterocycles. The van der Waals surface area contributed by atoms with Crippen LogP contribution in [0.4, 0.5) is 15.8 Å². The molecule has 0 saturated carbocycles. The van der Waals surface area contributed by atoms with Crippen LogP contribution in [0.15, 0.2) is 48.5 Å². The number of para-hydroxylation sites is 1. The van der Waals surface area contributed by atoms with Crippen LogP contribution in [0.2, 0.25) is 0 Å². The summed E-state index contributed by atoms with van der Waals surface area (Å²) in [4.78, 5) is 25.5. The van der Waals surface area contributed by atoms with Gasteiger partial charge in [-0.15, -0.1) is 0 Å². The Balaban J connectivity index is 1.85. The molecule has 0 spiro atoms. The topological polar surface area (TPSA) is 85.2 Å². The number of hydrogen-bond acceptors (Lipinski definition) is 4. The van der Waals surface area contributed by atoms with Gasteiger partial charge >= 0.3 is 0 Å². The molecule has 2 rings (SSSR count). The molecule has 0 fully saturated rings. The van der Waals surface area contributed by atoms with Gasteiger partial charge in [-0.1, -0.05) is 18.2 Å². The van der Waals surface area contributed by atoms with E-state index in [1.807, 2.05) is 6.07 Å². The van der Waals surface area contributed by atoms with Crippen LogP contribution in [-0.2, 0) is 9.59 Å². The summed E-state index contributed by atoms with van der Waals surface area (Å²) >= 11 is 0. The predicted molar refractivity (Wildman–Crippen MR) is 92.3 cm³/mol. The van der Waals surface area contributed by atoms with Crippen molar-refractivity contribution >= 4 is 23.2 Å². The average Bonchev–Trinajstić information content (AvgIpc) is 2.54. The number of nitrogens with zero attached hydrogens (tertiary/aromatic N) is 2. The largest absolute Gasteiger partial charge is 0.325 e. The molecule has 2 aromatic carbocycles. The second kappa shape index (κ2) is 8.57. The van der Waals surface area contributed by atoms with Gasteiger partial charge in [-0.05, 0) is 37.4 Å². The molecular weight excluding hydrogens is 323 g/mol. The van der Waals surface area contributed by atoms with Gasteiger partial charge in [0.25, 0.3) is 0 Å². The summed E-state index contributed by atoms with van der Waals surface area (Å²) in [5.41, 5.74) is 1.14. The first-order valence-corrected chi connectivity index (χ1v) is 7.51. The number of carbonyl (C=O) groups is 2. The van der Waals surface area contributed by atoms with E-state index in [0.29, 0.717) is 16.9 Å². The van der Waals surface area contributed by atoms with Crippen LogP contribution >= 0.6 is 0 Å². The molecule has 0 heterocycles. The standard InChI is InChI=1S/C18H17FN4O2/c1-23(11-17(24)21-15-7-4-6-14(19)9-15)12-18(25)22-16-8-3-2-5-13(16)10-20/h2-9H,11-12H2,1H3,(H,21,24)(H,22,25). The van der Waals surface area contributed by atoms with Crippen LogP contribution in [0, 0.1) is 17.1 Å². The third kappa shape index (κ3) is 5.71. The molecule has 25 heavy (non-hydrogen) atoms. The van der Waals surface area contributed by atoms with Crippen LogP contribution in [0.5, 0.6) is 0 Å². The molecule has 2 N–H and O–H groups in total. The van der Waals surface area contributed by atoms with E-state index in [2.05, 4.69) is 10.6 Å². The maximum absolute atomic E-state index is 13.1. The smallest absolute Gasteiger partial charge is 0.238 e. The monoisotopic (exact) mass is 340 g/mol. The Bertz CT molecular complexity index is 817. The summed E-state index contributed by atoms with van der Waals surface area (Å²) in [6, 6.07) is 14.2. The number of likely N-dealkylation sites (N-methyl/N-ethyl adjacent to an activating group) is 1. The van der Waals surface area contributed by atoms with Gasteiger partial charge in [0.2, 0.25) is 11.8 Å². The zero-order chi connectivity index (χ0) is 18.2. The molecule has 6 nitrogen and oxygen atoms in total. The maximum atomic E-state index is 13.1. The molecule has 0 aliphatic carbocycles. The molecule has 0 radical (unpaired) electrons. The summed E-state index contributed by atoms with van der Waals surface area (Å²) in [5.74, 6) is -1.15. The Morgan fingerprint density at radius 1 is 1.08 bits per heavy atom. The molecule has 0 aliphatic heterocycles. The van der Waals surface area contributed by atoms with Crippen LogP contribution in [0.1, 0.15) is 5.56 Å². The molecule has 128 valence electrons. The number of carbonyl (C=O) groups excluding carboxylic acids is 2. The van der Waals surface area contributed by atoms with E-state index in [4.69, 9.17) is 5.26 Å². The quantitative estimate of drug-likeness (QED) is 0.844. The van der Waals surface area contributed by atoms with E-state index in [9.17, 15) is 14.0 Å². The average molecular weight is 340 g/mol. The van der Waals surface area contributed by atoms with Gasteiger partial charge in [-0.25, -0.2) is 4.39 Å². The minimum atomic E-state index is -0.443. The summed E-state index contributed by atoms with van der Waals surface area (Å²) in [7, 11) is 1.61. The van der Waals surface area contributed by atoms with E-state index in [1.165, 1.54) is 23.1 Å². The highest BCUT2D eigenvalue weighted by atomic mass is 19.1. The predicted octanol–water partition coefficient (Wildman–Crippen LogP) is 2.21. The van der Waals surface area contributed by atoms with Crippen LogP contribution in [0.3, 0.4) is 0 Å². The molecule has 7 heteroatoms. The first kappa shape index (κ1) is 18.1. The van der Waals surface area contributed by atoms with Crippen molar-refractivity contribution in [1.82, 2.24) is 4.90 Å².